The Labute approximate surface area is 66.2 Å². The van der Waals surface area contributed by atoms with Gasteiger partial charge in [-0.25, -0.2) is 0 Å². The number of carboxylic acid groups (broad SMARTS) is 1. The van der Waals surface area contributed by atoms with Crippen molar-refractivity contribution < 1.29 is 9.90 Å². The van der Waals surface area contributed by atoms with Crippen LogP contribution in [-0.4, -0.2) is 17.3 Å². The van der Waals surface area contributed by atoms with Gasteiger partial charge >= 0.3 is 5.97 Å². The van der Waals surface area contributed by atoms with Gasteiger partial charge in [0.2, 0.25) is 0 Å². The number of hydrogen-bond acceptors (Lipinski definition) is 2. The molecule has 0 heterocycles. The molecule has 0 saturated carbocycles. The lowest BCUT2D eigenvalue weighted by Gasteiger charge is -1.96. The first-order valence-corrected chi connectivity index (χ1v) is 3.54. The quantitative estimate of drug-likeness (QED) is 0.468. The summed E-state index contributed by atoms with van der Waals surface area (Å²) in [7, 11) is 0. The van der Waals surface area contributed by atoms with Crippen molar-refractivity contribution in [3.05, 3.63) is 12.2 Å². The summed E-state index contributed by atoms with van der Waals surface area (Å²) >= 11 is 0. The fourth-order valence-electron chi connectivity index (χ4n) is 0.563. The summed E-state index contributed by atoms with van der Waals surface area (Å²) in [5.41, 5.74) is 0. The molecule has 3 heteroatoms. The van der Waals surface area contributed by atoms with Crippen molar-refractivity contribution in [1.82, 2.24) is 0 Å². The van der Waals surface area contributed by atoms with Crippen molar-refractivity contribution in [1.29, 1.82) is 5.41 Å². The van der Waals surface area contributed by atoms with Gasteiger partial charge < -0.3 is 10.5 Å². The maximum Gasteiger partial charge on any atom is 0.307 e. The molecule has 3 nitrogen and oxygen atoms in total. The third-order valence-electron chi connectivity index (χ3n) is 1.25. The second-order valence-electron chi connectivity index (χ2n) is 2.45. The molecule has 0 aromatic carbocycles. The van der Waals surface area contributed by atoms with Crippen LogP contribution < -0.4 is 0 Å². The molecule has 1 unspecified atom stereocenters. The highest BCUT2D eigenvalue weighted by atomic mass is 16.4. The lowest BCUT2D eigenvalue weighted by atomic mass is 10.1. The lowest BCUT2D eigenvalue weighted by molar-refractivity contribution is -0.136. The molecule has 0 spiro atoms. The van der Waals surface area contributed by atoms with Crippen LogP contribution >= 0.6 is 0 Å². The Balaban J connectivity index is 3.44. The fourth-order valence-corrected chi connectivity index (χ4v) is 0.563. The molecular weight excluding hydrogens is 142 g/mol. The molecule has 2 N–H and O–H groups in total. The molecular formula is C8H13NO2. The van der Waals surface area contributed by atoms with Crippen LogP contribution in [0.4, 0.5) is 0 Å². The van der Waals surface area contributed by atoms with Crippen molar-refractivity contribution in [3.63, 3.8) is 0 Å². The van der Waals surface area contributed by atoms with Crippen LogP contribution in [-0.2, 0) is 4.79 Å². The summed E-state index contributed by atoms with van der Waals surface area (Å²) in [5, 5.41) is 15.1. The summed E-state index contributed by atoms with van der Waals surface area (Å²) in [4.78, 5) is 10.0. The summed E-state index contributed by atoms with van der Waals surface area (Å²) in [6.07, 6.45) is 5.58. The van der Waals surface area contributed by atoms with Gasteiger partial charge in [-0.3, -0.25) is 4.79 Å². The number of nitrogens with one attached hydrogen (secondary N) is 1. The first-order chi connectivity index (χ1) is 5.16. The van der Waals surface area contributed by atoms with E-state index in [0.717, 1.165) is 6.42 Å². The highest BCUT2D eigenvalue weighted by Gasteiger charge is 1.92. The second kappa shape index (κ2) is 5.65. The zero-order valence-corrected chi connectivity index (χ0v) is 6.58. The fraction of sp³-hybridized carbons (Fsp3) is 0.500. The smallest absolute Gasteiger partial charge is 0.307 e. The van der Waals surface area contributed by atoms with E-state index in [4.69, 9.17) is 10.5 Å². The molecule has 0 aromatic heterocycles. The van der Waals surface area contributed by atoms with Gasteiger partial charge in [0.1, 0.15) is 0 Å². The molecule has 0 amide bonds. The van der Waals surface area contributed by atoms with Crippen LogP contribution in [0.15, 0.2) is 12.2 Å². The van der Waals surface area contributed by atoms with Gasteiger partial charge in [0.15, 0.2) is 0 Å². The summed E-state index contributed by atoms with van der Waals surface area (Å²) in [6, 6.07) is 0. The average Bonchev–Trinajstić information content (AvgIpc) is 1.97. The highest BCUT2D eigenvalue weighted by Crippen LogP contribution is 1.98. The molecule has 0 rings (SSSR count). The number of allylic oxidation sites excluding steroid dienone is 1. The standard InChI is InChI=1S/C8H13NO2/c1-7(6-9)4-2-3-5-8(10)11/h2-3,6-7,9H,4-5H2,1H3,(H,10,11)/b3-2+,9-6?. The first-order valence-electron chi connectivity index (χ1n) is 3.54. The largest absolute Gasteiger partial charge is 0.481 e. The van der Waals surface area contributed by atoms with Crippen molar-refractivity contribution in [2.24, 2.45) is 5.92 Å². The van der Waals surface area contributed by atoms with Crippen LogP contribution in [0.5, 0.6) is 0 Å². The number of aliphatic carboxylic acids is 1. The minimum Gasteiger partial charge on any atom is -0.481 e. The number of carboxylic acids is 1. The predicted molar refractivity (Wildman–Crippen MR) is 44.0 cm³/mol. The Morgan fingerprint density at radius 1 is 1.64 bits per heavy atom. The third kappa shape index (κ3) is 6.77. The van der Waals surface area contributed by atoms with Gasteiger partial charge in [0.25, 0.3) is 0 Å². The minimum atomic E-state index is -0.816. The zero-order chi connectivity index (χ0) is 8.69. The predicted octanol–water partition coefficient (Wildman–Crippen LogP) is 1.69. The van der Waals surface area contributed by atoms with E-state index in [2.05, 4.69) is 0 Å². The Morgan fingerprint density at radius 3 is 2.73 bits per heavy atom. The normalized spacial score (nSPS) is 13.2. The Kier molecular flexibility index (Phi) is 5.07. The monoisotopic (exact) mass is 155 g/mol. The van der Waals surface area contributed by atoms with Gasteiger partial charge in [-0.05, 0) is 18.6 Å². The van der Waals surface area contributed by atoms with Crippen LogP contribution in [0, 0.1) is 11.3 Å². The zero-order valence-electron chi connectivity index (χ0n) is 6.58. The molecule has 1 atom stereocenters. The maximum absolute atomic E-state index is 10.0. The van der Waals surface area contributed by atoms with E-state index in [9.17, 15) is 4.79 Å². The summed E-state index contributed by atoms with van der Waals surface area (Å²) in [6.45, 7) is 1.91. The molecule has 0 aliphatic rings. The second-order valence-corrected chi connectivity index (χ2v) is 2.45. The van der Waals surface area contributed by atoms with E-state index < -0.39 is 5.97 Å². The topological polar surface area (TPSA) is 61.2 Å². The van der Waals surface area contributed by atoms with Crippen LogP contribution in [0.3, 0.4) is 0 Å². The first kappa shape index (κ1) is 9.88. The molecule has 0 aliphatic carbocycles. The number of hydrogen-bond donors (Lipinski definition) is 2. The minimum absolute atomic E-state index is 0.0741. The van der Waals surface area contributed by atoms with Crippen molar-refractivity contribution in [3.8, 4) is 0 Å². The Hall–Kier alpha value is -1.12. The van der Waals surface area contributed by atoms with E-state index in [-0.39, 0.29) is 12.3 Å². The van der Waals surface area contributed by atoms with E-state index in [1.807, 2.05) is 6.92 Å². The van der Waals surface area contributed by atoms with Crippen molar-refractivity contribution in [2.75, 3.05) is 0 Å². The highest BCUT2D eigenvalue weighted by molar-refractivity contribution is 5.68. The van der Waals surface area contributed by atoms with Crippen molar-refractivity contribution in [2.45, 2.75) is 19.8 Å². The molecule has 11 heavy (non-hydrogen) atoms. The average molecular weight is 155 g/mol. The molecule has 0 aliphatic heterocycles. The summed E-state index contributed by atoms with van der Waals surface area (Å²) < 4.78 is 0. The van der Waals surface area contributed by atoms with Crippen LogP contribution in [0.2, 0.25) is 0 Å². The summed E-state index contributed by atoms with van der Waals surface area (Å²) in [5.74, 6) is -0.608. The molecule has 0 bridgehead atoms. The molecule has 62 valence electrons. The molecule has 0 radical (unpaired) electrons. The van der Waals surface area contributed by atoms with Gasteiger partial charge in [-0.15, -0.1) is 0 Å². The SMILES string of the molecule is CC(C=N)C/C=C/CC(=O)O. The third-order valence-corrected chi connectivity index (χ3v) is 1.25. The van der Waals surface area contributed by atoms with Gasteiger partial charge in [-0.1, -0.05) is 19.1 Å². The van der Waals surface area contributed by atoms with E-state index in [0.29, 0.717) is 0 Å². The van der Waals surface area contributed by atoms with Crippen LogP contribution in [0.25, 0.3) is 0 Å². The Morgan fingerprint density at radius 2 is 2.27 bits per heavy atom. The van der Waals surface area contributed by atoms with Gasteiger partial charge in [0, 0.05) is 0 Å². The Bertz CT molecular complexity index is 163. The number of carbonyl (C=O) groups is 1. The van der Waals surface area contributed by atoms with Gasteiger partial charge in [0.05, 0.1) is 6.42 Å². The number of rotatable bonds is 5. The lowest BCUT2D eigenvalue weighted by Crippen LogP contribution is -1.93. The van der Waals surface area contributed by atoms with Crippen molar-refractivity contribution >= 4 is 12.2 Å². The molecule has 0 fully saturated rings. The molecule has 0 aromatic rings. The van der Waals surface area contributed by atoms with Crippen LogP contribution in [0.1, 0.15) is 19.8 Å². The maximum atomic E-state index is 10.0. The molecule has 0 saturated heterocycles. The van der Waals surface area contributed by atoms with E-state index in [1.165, 1.54) is 6.21 Å². The van der Waals surface area contributed by atoms with Gasteiger partial charge in [-0.2, -0.15) is 0 Å². The van der Waals surface area contributed by atoms with E-state index >= 15 is 0 Å². The van der Waals surface area contributed by atoms with E-state index in [1.54, 1.807) is 12.2 Å².